The summed E-state index contributed by atoms with van der Waals surface area (Å²) in [4.78, 5) is 0. The Labute approximate surface area is 85.3 Å². The highest BCUT2D eigenvalue weighted by atomic mass is 14.3. The van der Waals surface area contributed by atoms with E-state index in [1.165, 1.54) is 11.8 Å². The number of hydrogen-bond acceptors (Lipinski definition) is 1. The number of hydrogen-bond donors (Lipinski definition) is 1. The van der Waals surface area contributed by atoms with E-state index < -0.39 is 0 Å². The molecule has 14 heavy (non-hydrogen) atoms. The van der Waals surface area contributed by atoms with Gasteiger partial charge in [-0.1, -0.05) is 42.0 Å². The third-order valence-electron chi connectivity index (χ3n) is 2.04. The van der Waals surface area contributed by atoms with Crippen LogP contribution in [0.15, 0.2) is 30.9 Å². The van der Waals surface area contributed by atoms with Crippen molar-refractivity contribution < 1.29 is 0 Å². The Hall–Kier alpha value is -1.63. The lowest BCUT2D eigenvalue weighted by atomic mass is 9.99. The molecule has 72 valence electrons. The summed E-state index contributed by atoms with van der Waals surface area (Å²) in [7, 11) is 0. The maximum Gasteiger partial charge on any atom is 0.0177 e. The summed E-state index contributed by atoms with van der Waals surface area (Å²) in [6, 6.07) is 6.25. The van der Waals surface area contributed by atoms with Crippen LogP contribution >= 0.6 is 0 Å². The number of nitrogens with one attached hydrogen (secondary N) is 1. The Morgan fingerprint density at radius 2 is 2.14 bits per heavy atom. The number of aryl methyl sites for hydroxylation is 1. The Kier molecular flexibility index (Phi) is 3.41. The average Bonchev–Trinajstić information content (AvgIpc) is 2.14. The van der Waals surface area contributed by atoms with Gasteiger partial charge < -0.3 is 5.41 Å². The maximum absolute atomic E-state index is 6.95. The van der Waals surface area contributed by atoms with Gasteiger partial charge in [0, 0.05) is 6.21 Å². The van der Waals surface area contributed by atoms with Crippen molar-refractivity contribution in [3.8, 4) is 0 Å². The van der Waals surface area contributed by atoms with Crippen molar-refractivity contribution in [1.29, 1.82) is 5.41 Å². The van der Waals surface area contributed by atoms with Crippen molar-refractivity contribution in [1.82, 2.24) is 0 Å². The van der Waals surface area contributed by atoms with E-state index in [4.69, 9.17) is 5.41 Å². The summed E-state index contributed by atoms with van der Waals surface area (Å²) in [5.41, 5.74) is 4.55. The summed E-state index contributed by atoms with van der Waals surface area (Å²) in [6.07, 6.45) is 4.94. The van der Waals surface area contributed by atoms with Crippen LogP contribution in [0, 0.1) is 12.3 Å². The second kappa shape index (κ2) is 4.56. The predicted molar refractivity (Wildman–Crippen MR) is 63.7 cm³/mol. The fraction of sp³-hybridized carbons (Fsp3) is 0.154. The molecule has 0 unspecified atom stereocenters. The third-order valence-corrected chi connectivity index (χ3v) is 2.04. The van der Waals surface area contributed by atoms with Gasteiger partial charge in [-0.3, -0.25) is 0 Å². The number of benzene rings is 1. The van der Waals surface area contributed by atoms with Gasteiger partial charge in [0.2, 0.25) is 0 Å². The molecule has 1 aromatic rings. The lowest BCUT2D eigenvalue weighted by Crippen LogP contribution is -1.86. The summed E-state index contributed by atoms with van der Waals surface area (Å²) >= 11 is 0. The summed E-state index contributed by atoms with van der Waals surface area (Å²) in [5.74, 6) is 0. The van der Waals surface area contributed by atoms with Crippen LogP contribution in [0.1, 0.15) is 23.6 Å². The van der Waals surface area contributed by atoms with E-state index in [0.29, 0.717) is 0 Å². The van der Waals surface area contributed by atoms with Gasteiger partial charge >= 0.3 is 0 Å². The zero-order valence-electron chi connectivity index (χ0n) is 8.67. The van der Waals surface area contributed by atoms with E-state index >= 15 is 0 Å². The van der Waals surface area contributed by atoms with Crippen LogP contribution in [0.3, 0.4) is 0 Å². The molecule has 1 heteroatoms. The van der Waals surface area contributed by atoms with Gasteiger partial charge in [0.25, 0.3) is 0 Å². The Morgan fingerprint density at radius 1 is 1.43 bits per heavy atom. The van der Waals surface area contributed by atoms with Crippen molar-refractivity contribution >= 4 is 17.9 Å². The first-order valence-corrected chi connectivity index (χ1v) is 4.59. The molecule has 0 atom stereocenters. The molecule has 0 aliphatic heterocycles. The van der Waals surface area contributed by atoms with Crippen LogP contribution in [0.25, 0.3) is 11.6 Å². The largest absolute Gasteiger partial charge is 0.309 e. The molecule has 0 saturated heterocycles. The van der Waals surface area contributed by atoms with Crippen LogP contribution in [0.5, 0.6) is 0 Å². The molecule has 0 bridgehead atoms. The first kappa shape index (κ1) is 10.5. The molecule has 1 rings (SSSR count). The van der Waals surface area contributed by atoms with Crippen LogP contribution in [-0.4, -0.2) is 6.21 Å². The minimum absolute atomic E-state index is 1.05. The van der Waals surface area contributed by atoms with Gasteiger partial charge in [-0.25, -0.2) is 0 Å². The predicted octanol–water partition coefficient (Wildman–Crippen LogP) is 3.69. The second-order valence-electron chi connectivity index (χ2n) is 3.40. The van der Waals surface area contributed by atoms with Gasteiger partial charge in [0.15, 0.2) is 0 Å². The van der Waals surface area contributed by atoms with Crippen molar-refractivity contribution in [3.63, 3.8) is 0 Å². The highest BCUT2D eigenvalue weighted by molar-refractivity contribution is 5.80. The lowest BCUT2D eigenvalue weighted by Gasteiger charge is -2.06. The Balaban J connectivity index is 3.22. The Bertz CT molecular complexity index is 386. The average molecular weight is 185 g/mol. The lowest BCUT2D eigenvalue weighted by molar-refractivity contribution is 1.43. The minimum atomic E-state index is 1.05. The zero-order chi connectivity index (χ0) is 10.6. The van der Waals surface area contributed by atoms with Crippen molar-refractivity contribution in [2.24, 2.45) is 0 Å². The molecular formula is C13H15N. The number of allylic oxidation sites excluding steroid dienone is 2. The fourth-order valence-corrected chi connectivity index (χ4v) is 1.36. The van der Waals surface area contributed by atoms with E-state index in [0.717, 1.165) is 16.7 Å². The van der Waals surface area contributed by atoms with Gasteiger partial charge in [-0.15, -0.1) is 0 Å². The smallest absolute Gasteiger partial charge is 0.0177 e. The molecule has 0 aliphatic carbocycles. The molecule has 0 aliphatic rings. The summed E-state index contributed by atoms with van der Waals surface area (Å²) in [6.45, 7) is 7.98. The third kappa shape index (κ3) is 2.43. The molecule has 1 nitrogen and oxygen atoms in total. The molecule has 0 heterocycles. The van der Waals surface area contributed by atoms with Crippen LogP contribution < -0.4 is 0 Å². The molecule has 0 aromatic heterocycles. The van der Waals surface area contributed by atoms with Gasteiger partial charge in [0.05, 0.1) is 0 Å². The van der Waals surface area contributed by atoms with Crippen molar-refractivity contribution in [2.75, 3.05) is 0 Å². The standard InChI is InChI=1S/C13H15N/c1-10(2)13-7-6-11(3)9-12(13)5-4-8-14/h4-9,14H,1H2,2-3H3/b5-4+,14-8?. The summed E-state index contributed by atoms with van der Waals surface area (Å²) in [5, 5.41) is 6.95. The normalized spacial score (nSPS) is 10.4. The highest BCUT2D eigenvalue weighted by Gasteiger charge is 1.99. The van der Waals surface area contributed by atoms with E-state index in [-0.39, 0.29) is 0 Å². The highest BCUT2D eigenvalue weighted by Crippen LogP contribution is 2.19. The van der Waals surface area contributed by atoms with Crippen molar-refractivity contribution in [3.05, 3.63) is 47.5 Å². The fourth-order valence-electron chi connectivity index (χ4n) is 1.36. The topological polar surface area (TPSA) is 23.9 Å². The van der Waals surface area contributed by atoms with Crippen LogP contribution in [0.2, 0.25) is 0 Å². The van der Waals surface area contributed by atoms with E-state index in [2.05, 4.69) is 31.7 Å². The van der Waals surface area contributed by atoms with Crippen LogP contribution in [0.4, 0.5) is 0 Å². The van der Waals surface area contributed by atoms with Gasteiger partial charge in [-0.2, -0.15) is 0 Å². The molecule has 0 fully saturated rings. The molecule has 1 aromatic carbocycles. The maximum atomic E-state index is 6.95. The molecule has 1 N–H and O–H groups in total. The zero-order valence-corrected chi connectivity index (χ0v) is 8.67. The van der Waals surface area contributed by atoms with Crippen LogP contribution in [-0.2, 0) is 0 Å². The molecule has 0 saturated carbocycles. The summed E-state index contributed by atoms with van der Waals surface area (Å²) < 4.78 is 0. The van der Waals surface area contributed by atoms with E-state index in [1.807, 2.05) is 13.0 Å². The number of rotatable bonds is 3. The monoisotopic (exact) mass is 185 g/mol. The minimum Gasteiger partial charge on any atom is -0.309 e. The van der Waals surface area contributed by atoms with E-state index in [9.17, 15) is 0 Å². The van der Waals surface area contributed by atoms with Gasteiger partial charge in [-0.05, 0) is 31.1 Å². The SMILES string of the molecule is C=C(C)c1ccc(C)cc1/C=C/C=N. The quantitative estimate of drug-likeness (QED) is 0.694. The second-order valence-corrected chi connectivity index (χ2v) is 3.40. The first-order chi connectivity index (χ1) is 6.65. The van der Waals surface area contributed by atoms with Gasteiger partial charge in [0.1, 0.15) is 0 Å². The molecule has 0 spiro atoms. The molecule has 0 amide bonds. The first-order valence-electron chi connectivity index (χ1n) is 4.59. The van der Waals surface area contributed by atoms with Crippen molar-refractivity contribution in [2.45, 2.75) is 13.8 Å². The molecule has 0 radical (unpaired) electrons. The molecular weight excluding hydrogens is 170 g/mol. The van der Waals surface area contributed by atoms with E-state index in [1.54, 1.807) is 6.08 Å². The Morgan fingerprint density at radius 3 is 2.71 bits per heavy atom.